The number of hydrogen-bond donors (Lipinski definition) is 2. The number of halogens is 1. The summed E-state index contributed by atoms with van der Waals surface area (Å²) in [5.74, 6) is -0.714. The number of rotatable bonds is 8. The molecule has 8 nitrogen and oxygen atoms in total. The molecular formula is C18H26ClN5O3S. The molecular weight excluding hydrogens is 402 g/mol. The lowest BCUT2D eigenvalue weighted by molar-refractivity contribution is -0.127. The topological polar surface area (TPSA) is 98.1 Å². The van der Waals surface area contributed by atoms with Crippen LogP contribution in [0.4, 0.5) is 5.13 Å². The second-order valence-corrected chi connectivity index (χ2v) is 8.42. The van der Waals surface area contributed by atoms with Crippen LogP contribution >= 0.6 is 22.9 Å². The molecule has 3 heterocycles. The van der Waals surface area contributed by atoms with Crippen molar-refractivity contribution in [3.8, 4) is 0 Å². The number of amides is 1. The molecule has 3 rings (SSSR count). The third kappa shape index (κ3) is 3.96. The predicted octanol–water partition coefficient (Wildman–Crippen LogP) is 2.18. The van der Waals surface area contributed by atoms with Gasteiger partial charge in [-0.15, -0.1) is 0 Å². The van der Waals surface area contributed by atoms with Gasteiger partial charge in [0.2, 0.25) is 0 Å². The Balaban J connectivity index is 1.67. The lowest BCUT2D eigenvalue weighted by atomic mass is 10.1. The molecule has 1 aromatic heterocycles. The zero-order valence-electron chi connectivity index (χ0n) is 16.3. The summed E-state index contributed by atoms with van der Waals surface area (Å²) in [4.78, 5) is 37.3. The summed E-state index contributed by atoms with van der Waals surface area (Å²) < 4.78 is 0. The summed E-state index contributed by atoms with van der Waals surface area (Å²) in [7, 11) is 0. The van der Waals surface area contributed by atoms with E-state index in [9.17, 15) is 14.7 Å². The van der Waals surface area contributed by atoms with Crippen LogP contribution < -0.4 is 10.2 Å². The van der Waals surface area contributed by atoms with Crippen molar-refractivity contribution in [1.29, 1.82) is 0 Å². The Labute approximate surface area is 173 Å². The van der Waals surface area contributed by atoms with Crippen molar-refractivity contribution in [3.63, 3.8) is 0 Å². The monoisotopic (exact) mass is 427 g/mol. The van der Waals surface area contributed by atoms with Crippen LogP contribution in [0.3, 0.4) is 0 Å². The molecule has 1 amide bonds. The van der Waals surface area contributed by atoms with Crippen LogP contribution in [0.5, 0.6) is 0 Å². The molecule has 0 aliphatic carbocycles. The van der Waals surface area contributed by atoms with E-state index < -0.39 is 11.5 Å². The second kappa shape index (κ2) is 8.65. The van der Waals surface area contributed by atoms with E-state index in [0.717, 1.165) is 12.8 Å². The van der Waals surface area contributed by atoms with Crippen LogP contribution in [0.1, 0.15) is 49.0 Å². The molecule has 0 bridgehead atoms. The normalized spacial score (nSPS) is 21.9. The van der Waals surface area contributed by atoms with Gasteiger partial charge in [0.25, 0.3) is 5.91 Å². The van der Waals surface area contributed by atoms with Gasteiger partial charge in [-0.1, -0.05) is 43.7 Å². The Kier molecular flexibility index (Phi) is 6.44. The lowest BCUT2D eigenvalue weighted by Gasteiger charge is -2.45. The molecule has 2 N–H and O–H groups in total. The van der Waals surface area contributed by atoms with Gasteiger partial charge in [0.15, 0.2) is 11.0 Å². The fourth-order valence-electron chi connectivity index (χ4n) is 3.43. The largest absolute Gasteiger partial charge is 0.477 e. The van der Waals surface area contributed by atoms with Gasteiger partial charge in [0.1, 0.15) is 10.4 Å². The SMILES string of the molecule is CCCN(C(=O)C1=NC(Cl)C(CC)N1)C1CN(c2nc(CC)c(C(=O)O)s2)C1. The van der Waals surface area contributed by atoms with E-state index in [-0.39, 0.29) is 18.0 Å². The van der Waals surface area contributed by atoms with Crippen LogP contribution in [-0.4, -0.2) is 69.9 Å². The first-order valence-electron chi connectivity index (χ1n) is 9.66. The number of nitrogens with zero attached hydrogens (tertiary/aromatic N) is 4. The van der Waals surface area contributed by atoms with E-state index in [1.807, 2.05) is 30.6 Å². The number of amidine groups is 1. The van der Waals surface area contributed by atoms with Crippen molar-refractivity contribution < 1.29 is 14.7 Å². The van der Waals surface area contributed by atoms with E-state index in [0.29, 0.717) is 47.6 Å². The maximum atomic E-state index is 13.0. The minimum Gasteiger partial charge on any atom is -0.477 e. The van der Waals surface area contributed by atoms with Gasteiger partial charge in [0.05, 0.1) is 17.8 Å². The minimum atomic E-state index is -0.938. The van der Waals surface area contributed by atoms with Crippen molar-refractivity contribution in [2.45, 2.75) is 57.6 Å². The fourth-order valence-corrected chi connectivity index (χ4v) is 4.78. The first-order chi connectivity index (χ1) is 13.4. The smallest absolute Gasteiger partial charge is 0.347 e. The number of aromatic carboxylic acids is 1. The maximum absolute atomic E-state index is 13.0. The fraction of sp³-hybridized carbons (Fsp3) is 0.667. The second-order valence-electron chi connectivity index (χ2n) is 7.00. The molecule has 1 fully saturated rings. The highest BCUT2D eigenvalue weighted by Gasteiger charge is 2.39. The van der Waals surface area contributed by atoms with Crippen molar-refractivity contribution in [1.82, 2.24) is 15.2 Å². The summed E-state index contributed by atoms with van der Waals surface area (Å²) in [5.41, 5.74) is 0.197. The van der Waals surface area contributed by atoms with Crippen LogP contribution in [0.25, 0.3) is 0 Å². The molecule has 1 aromatic rings. The highest BCUT2D eigenvalue weighted by atomic mass is 35.5. The average Bonchev–Trinajstić information content (AvgIpc) is 3.22. The standard InChI is InChI=1S/C18H26ClN5O3S/c1-4-7-24(16(25)15-20-12(6-3)14(19)22-15)10-8-23(9-10)18-21-11(5-2)13(28-18)17(26)27/h10,12,14H,4-9H2,1-3H3,(H,20,22)(H,26,27). The number of aromatic nitrogens is 1. The van der Waals surface area contributed by atoms with E-state index in [1.165, 1.54) is 11.3 Å². The van der Waals surface area contributed by atoms with Gasteiger partial charge in [0, 0.05) is 19.6 Å². The number of alkyl halides is 1. The Hall–Kier alpha value is -1.87. The number of carboxylic acid groups (broad SMARTS) is 1. The number of carbonyl (C=O) groups is 2. The van der Waals surface area contributed by atoms with E-state index in [4.69, 9.17) is 11.6 Å². The molecule has 0 spiro atoms. The molecule has 0 saturated carbocycles. The number of carbonyl (C=O) groups excluding carboxylic acids is 1. The molecule has 10 heteroatoms. The van der Waals surface area contributed by atoms with Crippen molar-refractivity contribution in [2.75, 3.05) is 24.5 Å². The highest BCUT2D eigenvalue weighted by molar-refractivity contribution is 7.17. The summed E-state index contributed by atoms with van der Waals surface area (Å²) in [6.07, 6.45) is 2.23. The summed E-state index contributed by atoms with van der Waals surface area (Å²) in [6.45, 7) is 7.85. The minimum absolute atomic E-state index is 0.0146. The highest BCUT2D eigenvalue weighted by Crippen LogP contribution is 2.31. The van der Waals surface area contributed by atoms with Crippen LogP contribution in [0, 0.1) is 0 Å². The van der Waals surface area contributed by atoms with E-state index in [2.05, 4.69) is 15.3 Å². The molecule has 0 radical (unpaired) electrons. The zero-order chi connectivity index (χ0) is 20.4. The van der Waals surface area contributed by atoms with E-state index in [1.54, 1.807) is 0 Å². The van der Waals surface area contributed by atoms with Crippen molar-refractivity contribution in [2.24, 2.45) is 4.99 Å². The maximum Gasteiger partial charge on any atom is 0.347 e. The van der Waals surface area contributed by atoms with Gasteiger partial charge in [-0.2, -0.15) is 0 Å². The van der Waals surface area contributed by atoms with Crippen molar-refractivity contribution >= 4 is 45.8 Å². The Bertz CT molecular complexity index is 777. The van der Waals surface area contributed by atoms with Crippen molar-refractivity contribution in [3.05, 3.63) is 10.6 Å². The zero-order valence-corrected chi connectivity index (χ0v) is 17.9. The third-order valence-corrected chi connectivity index (χ3v) is 6.61. The summed E-state index contributed by atoms with van der Waals surface area (Å²) in [5, 5.41) is 13.2. The Morgan fingerprint density at radius 3 is 2.57 bits per heavy atom. The molecule has 2 aliphatic heterocycles. The number of carboxylic acids is 1. The van der Waals surface area contributed by atoms with Gasteiger partial charge >= 0.3 is 5.97 Å². The van der Waals surface area contributed by atoms with Gasteiger partial charge < -0.3 is 20.2 Å². The number of thiazole rings is 1. The molecule has 1 saturated heterocycles. The molecule has 28 heavy (non-hydrogen) atoms. The lowest BCUT2D eigenvalue weighted by Crippen LogP contribution is -2.63. The Morgan fingerprint density at radius 1 is 1.36 bits per heavy atom. The molecule has 154 valence electrons. The number of hydrogen-bond acceptors (Lipinski definition) is 7. The predicted molar refractivity (Wildman–Crippen MR) is 111 cm³/mol. The summed E-state index contributed by atoms with van der Waals surface area (Å²) >= 11 is 7.40. The van der Waals surface area contributed by atoms with Gasteiger partial charge in [-0.3, -0.25) is 4.79 Å². The third-order valence-electron chi connectivity index (χ3n) is 5.06. The summed E-state index contributed by atoms with van der Waals surface area (Å²) in [6, 6.07) is 0.0351. The first-order valence-corrected chi connectivity index (χ1v) is 10.9. The quantitative estimate of drug-likeness (QED) is 0.487. The molecule has 0 aromatic carbocycles. The van der Waals surface area contributed by atoms with Gasteiger partial charge in [-0.25, -0.2) is 14.8 Å². The number of aryl methyl sites for hydroxylation is 1. The number of nitrogens with one attached hydrogen (secondary N) is 1. The van der Waals surface area contributed by atoms with Crippen LogP contribution in [0.15, 0.2) is 4.99 Å². The average molecular weight is 428 g/mol. The van der Waals surface area contributed by atoms with Crippen LogP contribution in [-0.2, 0) is 11.2 Å². The van der Waals surface area contributed by atoms with Crippen LogP contribution in [0.2, 0.25) is 0 Å². The molecule has 2 aliphatic rings. The number of anilines is 1. The molecule has 2 unspecified atom stereocenters. The van der Waals surface area contributed by atoms with E-state index >= 15 is 0 Å². The van der Waals surface area contributed by atoms with Gasteiger partial charge in [-0.05, 0) is 19.3 Å². The molecule has 2 atom stereocenters. The first kappa shape index (κ1) is 20.9. The number of aliphatic imine (C=N–C) groups is 1. The Morgan fingerprint density at radius 2 is 2.07 bits per heavy atom.